The lowest BCUT2D eigenvalue weighted by Gasteiger charge is -2.12. The molecule has 0 aliphatic carbocycles. The molecule has 2 heterocycles. The van der Waals surface area contributed by atoms with Crippen molar-refractivity contribution in [2.75, 3.05) is 5.73 Å². The number of carbonyl (C=O) groups is 1. The minimum atomic E-state index is -0.263. The van der Waals surface area contributed by atoms with Crippen molar-refractivity contribution in [1.82, 2.24) is 25.1 Å². The van der Waals surface area contributed by atoms with Gasteiger partial charge < -0.3 is 15.6 Å². The normalized spacial score (nSPS) is 12.3. The van der Waals surface area contributed by atoms with Gasteiger partial charge in [-0.2, -0.15) is 0 Å². The number of aromatic nitrogens is 4. The number of aryl methyl sites for hydroxylation is 1. The Kier molecular flexibility index (Phi) is 3.56. The van der Waals surface area contributed by atoms with Gasteiger partial charge in [0.15, 0.2) is 11.0 Å². The highest BCUT2D eigenvalue weighted by Crippen LogP contribution is 2.13. The van der Waals surface area contributed by atoms with E-state index in [0.717, 1.165) is 6.54 Å². The SMILES string of the molecule is CCn1cnnc1C(C)NC(=O)c1csc(N)n1. The Bertz CT molecular complexity index is 548. The van der Waals surface area contributed by atoms with E-state index in [9.17, 15) is 4.79 Å². The second-order valence-electron chi connectivity index (χ2n) is 3.74. The van der Waals surface area contributed by atoms with Gasteiger partial charge in [-0.1, -0.05) is 0 Å². The Morgan fingerprint density at radius 1 is 1.67 bits per heavy atom. The van der Waals surface area contributed by atoms with Gasteiger partial charge >= 0.3 is 0 Å². The quantitative estimate of drug-likeness (QED) is 0.854. The van der Waals surface area contributed by atoms with E-state index in [2.05, 4.69) is 20.5 Å². The minimum Gasteiger partial charge on any atom is -0.375 e. The third-order valence-corrected chi connectivity index (χ3v) is 3.15. The number of nitrogen functional groups attached to an aromatic ring is 1. The third kappa shape index (κ3) is 2.48. The van der Waals surface area contributed by atoms with E-state index in [4.69, 9.17) is 5.73 Å². The first-order valence-corrected chi connectivity index (χ1v) is 6.39. The molecule has 18 heavy (non-hydrogen) atoms. The molecule has 0 radical (unpaired) electrons. The summed E-state index contributed by atoms with van der Waals surface area (Å²) < 4.78 is 1.88. The van der Waals surface area contributed by atoms with Crippen LogP contribution in [-0.2, 0) is 6.54 Å². The Morgan fingerprint density at radius 3 is 3.06 bits per heavy atom. The van der Waals surface area contributed by atoms with E-state index in [1.54, 1.807) is 11.7 Å². The highest BCUT2D eigenvalue weighted by molar-refractivity contribution is 7.13. The zero-order valence-corrected chi connectivity index (χ0v) is 10.9. The van der Waals surface area contributed by atoms with Gasteiger partial charge in [0.1, 0.15) is 12.0 Å². The Balaban J connectivity index is 2.08. The van der Waals surface area contributed by atoms with Gasteiger partial charge in [0, 0.05) is 11.9 Å². The summed E-state index contributed by atoms with van der Waals surface area (Å²) in [6.45, 7) is 4.60. The number of rotatable bonds is 4. The zero-order chi connectivity index (χ0) is 13.1. The number of nitrogens with zero attached hydrogens (tertiary/aromatic N) is 4. The van der Waals surface area contributed by atoms with Crippen LogP contribution in [0.3, 0.4) is 0 Å². The van der Waals surface area contributed by atoms with Crippen LogP contribution in [0.1, 0.15) is 36.2 Å². The average Bonchev–Trinajstić information content (AvgIpc) is 2.96. The highest BCUT2D eigenvalue weighted by Gasteiger charge is 2.17. The summed E-state index contributed by atoms with van der Waals surface area (Å²) in [5.41, 5.74) is 5.81. The molecule has 1 unspecified atom stereocenters. The minimum absolute atomic E-state index is 0.233. The van der Waals surface area contributed by atoms with Gasteiger partial charge in [-0.3, -0.25) is 4.79 Å². The topological polar surface area (TPSA) is 98.7 Å². The number of hydrogen-bond donors (Lipinski definition) is 2. The van der Waals surface area contributed by atoms with Crippen LogP contribution in [0.5, 0.6) is 0 Å². The van der Waals surface area contributed by atoms with Gasteiger partial charge in [-0.25, -0.2) is 4.98 Å². The smallest absolute Gasteiger partial charge is 0.271 e. The predicted octanol–water partition coefficient (Wildman–Crippen LogP) is 0.828. The Hall–Kier alpha value is -1.96. The summed E-state index contributed by atoms with van der Waals surface area (Å²) in [4.78, 5) is 15.8. The summed E-state index contributed by atoms with van der Waals surface area (Å²) in [5.74, 6) is 0.454. The maximum absolute atomic E-state index is 11.9. The molecular weight excluding hydrogens is 252 g/mol. The van der Waals surface area contributed by atoms with E-state index < -0.39 is 0 Å². The maximum Gasteiger partial charge on any atom is 0.271 e. The third-order valence-electron chi connectivity index (χ3n) is 2.48. The summed E-state index contributed by atoms with van der Waals surface area (Å²) in [6.07, 6.45) is 1.64. The molecule has 7 nitrogen and oxygen atoms in total. The van der Waals surface area contributed by atoms with Gasteiger partial charge in [-0.05, 0) is 13.8 Å². The number of anilines is 1. The van der Waals surface area contributed by atoms with E-state index in [1.165, 1.54) is 11.3 Å². The van der Waals surface area contributed by atoms with Crippen LogP contribution < -0.4 is 11.1 Å². The monoisotopic (exact) mass is 266 g/mol. The van der Waals surface area contributed by atoms with Crippen molar-refractivity contribution in [3.05, 3.63) is 23.2 Å². The second-order valence-corrected chi connectivity index (χ2v) is 4.63. The summed E-state index contributed by atoms with van der Waals surface area (Å²) in [7, 11) is 0. The molecule has 0 aliphatic rings. The largest absolute Gasteiger partial charge is 0.375 e. The molecule has 8 heteroatoms. The van der Waals surface area contributed by atoms with Gasteiger partial charge in [0.05, 0.1) is 6.04 Å². The average molecular weight is 266 g/mol. The van der Waals surface area contributed by atoms with Crippen LogP contribution in [0, 0.1) is 0 Å². The first-order valence-electron chi connectivity index (χ1n) is 5.51. The van der Waals surface area contributed by atoms with Gasteiger partial charge in [0.25, 0.3) is 5.91 Å². The van der Waals surface area contributed by atoms with E-state index in [1.807, 2.05) is 18.4 Å². The lowest BCUT2D eigenvalue weighted by Crippen LogP contribution is -2.28. The fraction of sp³-hybridized carbons (Fsp3) is 0.400. The van der Waals surface area contributed by atoms with Crippen molar-refractivity contribution in [3.63, 3.8) is 0 Å². The predicted molar refractivity (Wildman–Crippen MR) is 68.1 cm³/mol. The summed E-state index contributed by atoms with van der Waals surface area (Å²) in [5, 5.41) is 12.6. The summed E-state index contributed by atoms with van der Waals surface area (Å²) >= 11 is 1.24. The molecule has 1 atom stereocenters. The number of amides is 1. The first-order chi connectivity index (χ1) is 8.61. The van der Waals surface area contributed by atoms with Crippen LogP contribution >= 0.6 is 11.3 Å². The lowest BCUT2D eigenvalue weighted by atomic mass is 10.3. The Morgan fingerprint density at radius 2 is 2.44 bits per heavy atom. The number of nitrogens with one attached hydrogen (secondary N) is 1. The number of nitrogens with two attached hydrogens (primary N) is 1. The van der Waals surface area contributed by atoms with Gasteiger partial charge in [-0.15, -0.1) is 21.5 Å². The lowest BCUT2D eigenvalue weighted by molar-refractivity contribution is 0.0933. The molecule has 2 rings (SSSR count). The molecular formula is C10H14N6OS. The van der Waals surface area contributed by atoms with Crippen LogP contribution in [0.25, 0.3) is 0 Å². The van der Waals surface area contributed by atoms with Crippen LogP contribution in [-0.4, -0.2) is 25.7 Å². The van der Waals surface area contributed by atoms with E-state index in [0.29, 0.717) is 16.6 Å². The molecule has 2 aromatic rings. The molecule has 0 bridgehead atoms. The van der Waals surface area contributed by atoms with Crippen molar-refractivity contribution in [2.45, 2.75) is 26.4 Å². The molecule has 0 fully saturated rings. The standard InChI is InChI=1S/C10H14N6OS/c1-3-16-5-12-15-8(16)6(2)13-9(17)7-4-18-10(11)14-7/h4-6H,3H2,1-2H3,(H2,11,14)(H,13,17). The van der Waals surface area contributed by atoms with Crippen molar-refractivity contribution in [3.8, 4) is 0 Å². The molecule has 0 saturated heterocycles. The molecule has 3 N–H and O–H groups in total. The van der Waals surface area contributed by atoms with Crippen molar-refractivity contribution in [1.29, 1.82) is 0 Å². The van der Waals surface area contributed by atoms with Crippen molar-refractivity contribution >= 4 is 22.4 Å². The molecule has 0 spiro atoms. The van der Waals surface area contributed by atoms with E-state index in [-0.39, 0.29) is 11.9 Å². The van der Waals surface area contributed by atoms with Crippen LogP contribution in [0.4, 0.5) is 5.13 Å². The highest BCUT2D eigenvalue weighted by atomic mass is 32.1. The maximum atomic E-state index is 11.9. The van der Waals surface area contributed by atoms with Crippen LogP contribution in [0.2, 0.25) is 0 Å². The number of hydrogen-bond acceptors (Lipinski definition) is 6. The zero-order valence-electron chi connectivity index (χ0n) is 10.1. The second kappa shape index (κ2) is 5.13. The molecule has 0 aliphatic heterocycles. The molecule has 0 saturated carbocycles. The number of thiazole rings is 1. The van der Waals surface area contributed by atoms with Crippen molar-refractivity contribution in [2.24, 2.45) is 0 Å². The van der Waals surface area contributed by atoms with E-state index >= 15 is 0 Å². The fourth-order valence-corrected chi connectivity index (χ4v) is 2.11. The number of carbonyl (C=O) groups excluding carboxylic acids is 1. The fourth-order valence-electron chi connectivity index (χ4n) is 1.57. The summed E-state index contributed by atoms with van der Waals surface area (Å²) in [6, 6.07) is -0.233. The molecule has 2 aromatic heterocycles. The molecule has 1 amide bonds. The molecule has 96 valence electrons. The van der Waals surface area contributed by atoms with Crippen molar-refractivity contribution < 1.29 is 4.79 Å². The Labute approximate surface area is 108 Å². The molecule has 0 aromatic carbocycles. The van der Waals surface area contributed by atoms with Crippen LogP contribution in [0.15, 0.2) is 11.7 Å². The van der Waals surface area contributed by atoms with Gasteiger partial charge in [0.2, 0.25) is 0 Å². The first kappa shape index (κ1) is 12.5.